The predicted octanol–water partition coefficient (Wildman–Crippen LogP) is 3.26. The van der Waals surface area contributed by atoms with E-state index in [0.717, 1.165) is 13.0 Å². The van der Waals surface area contributed by atoms with Gasteiger partial charge in [-0.2, -0.15) is 0 Å². The molecule has 6 heteroatoms. The standard InChI is InChI=1S/C18H27FN2O3/c1-11(2)17-13(8-9-24-17)10-20-18(22)21-12(3)16-14(19)6-5-7-15(16)23-4/h5-7,11-13,17H,8-10H2,1-4H3,(H2,20,21,22)/t12-,13-,17-/m0/s1. The molecule has 1 aliphatic rings. The van der Waals surface area contributed by atoms with Crippen LogP contribution in [0.1, 0.15) is 38.8 Å². The first-order chi connectivity index (χ1) is 11.4. The van der Waals surface area contributed by atoms with Gasteiger partial charge in [0, 0.05) is 19.1 Å². The van der Waals surface area contributed by atoms with Crippen LogP contribution in [-0.2, 0) is 4.74 Å². The van der Waals surface area contributed by atoms with E-state index in [0.29, 0.717) is 29.7 Å². The van der Waals surface area contributed by atoms with Crippen molar-refractivity contribution in [2.24, 2.45) is 11.8 Å². The molecule has 0 radical (unpaired) electrons. The zero-order valence-electron chi connectivity index (χ0n) is 14.8. The molecule has 1 aromatic rings. The molecule has 1 aromatic carbocycles. The van der Waals surface area contributed by atoms with E-state index in [1.807, 2.05) is 0 Å². The number of ether oxygens (including phenoxy) is 2. The molecule has 2 N–H and O–H groups in total. The summed E-state index contributed by atoms with van der Waals surface area (Å²) in [6.07, 6.45) is 1.12. The van der Waals surface area contributed by atoms with Crippen molar-refractivity contribution >= 4 is 6.03 Å². The normalized spacial score (nSPS) is 21.6. The number of carbonyl (C=O) groups is 1. The summed E-state index contributed by atoms with van der Waals surface area (Å²) in [7, 11) is 1.48. The molecule has 24 heavy (non-hydrogen) atoms. The van der Waals surface area contributed by atoms with Crippen molar-refractivity contribution in [2.45, 2.75) is 39.3 Å². The van der Waals surface area contributed by atoms with Crippen LogP contribution in [0.3, 0.4) is 0 Å². The van der Waals surface area contributed by atoms with E-state index in [1.165, 1.54) is 13.2 Å². The minimum atomic E-state index is -0.498. The van der Waals surface area contributed by atoms with E-state index in [1.54, 1.807) is 19.1 Å². The first-order valence-corrected chi connectivity index (χ1v) is 8.42. The summed E-state index contributed by atoms with van der Waals surface area (Å²) in [4.78, 5) is 12.1. The maximum Gasteiger partial charge on any atom is 0.315 e. The third-order valence-corrected chi connectivity index (χ3v) is 4.46. The van der Waals surface area contributed by atoms with E-state index in [9.17, 15) is 9.18 Å². The maximum absolute atomic E-state index is 14.0. The molecule has 0 bridgehead atoms. The molecule has 134 valence electrons. The number of rotatable bonds is 6. The Hall–Kier alpha value is -1.82. The Morgan fingerprint density at radius 3 is 2.83 bits per heavy atom. The first kappa shape index (κ1) is 18.5. The number of benzene rings is 1. The van der Waals surface area contributed by atoms with Gasteiger partial charge in [0.15, 0.2) is 0 Å². The van der Waals surface area contributed by atoms with Gasteiger partial charge in [0.1, 0.15) is 11.6 Å². The van der Waals surface area contributed by atoms with Gasteiger partial charge in [0.2, 0.25) is 0 Å². The van der Waals surface area contributed by atoms with Crippen LogP contribution < -0.4 is 15.4 Å². The summed E-state index contributed by atoms with van der Waals surface area (Å²) in [5.74, 6) is 0.760. The van der Waals surface area contributed by atoms with E-state index in [2.05, 4.69) is 24.5 Å². The number of nitrogens with one attached hydrogen (secondary N) is 2. The van der Waals surface area contributed by atoms with Crippen molar-refractivity contribution in [1.82, 2.24) is 10.6 Å². The molecule has 5 nitrogen and oxygen atoms in total. The molecule has 1 fully saturated rings. The van der Waals surface area contributed by atoms with Crippen molar-refractivity contribution in [1.29, 1.82) is 0 Å². The number of hydrogen-bond acceptors (Lipinski definition) is 3. The molecule has 0 aromatic heterocycles. The van der Waals surface area contributed by atoms with Crippen LogP contribution in [0.15, 0.2) is 18.2 Å². The largest absolute Gasteiger partial charge is 0.496 e. The topological polar surface area (TPSA) is 59.6 Å². The molecule has 3 atom stereocenters. The number of amides is 2. The monoisotopic (exact) mass is 338 g/mol. The first-order valence-electron chi connectivity index (χ1n) is 8.42. The molecular formula is C18H27FN2O3. The van der Waals surface area contributed by atoms with Crippen LogP contribution >= 0.6 is 0 Å². The van der Waals surface area contributed by atoms with Crippen molar-refractivity contribution < 1.29 is 18.7 Å². The van der Waals surface area contributed by atoms with Gasteiger partial charge in [0.25, 0.3) is 0 Å². The fraction of sp³-hybridized carbons (Fsp3) is 0.611. The van der Waals surface area contributed by atoms with Gasteiger partial charge in [-0.1, -0.05) is 19.9 Å². The maximum atomic E-state index is 14.0. The molecule has 1 aliphatic heterocycles. The Bertz CT molecular complexity index is 565. The second-order valence-corrected chi connectivity index (χ2v) is 6.56. The highest BCUT2D eigenvalue weighted by atomic mass is 19.1. The predicted molar refractivity (Wildman–Crippen MR) is 90.6 cm³/mol. The Balaban J connectivity index is 1.91. The highest BCUT2D eigenvalue weighted by molar-refractivity contribution is 5.74. The minimum Gasteiger partial charge on any atom is -0.496 e. The van der Waals surface area contributed by atoms with Gasteiger partial charge >= 0.3 is 6.03 Å². The molecule has 1 saturated heterocycles. The third-order valence-electron chi connectivity index (χ3n) is 4.46. The molecular weight excluding hydrogens is 311 g/mol. The fourth-order valence-corrected chi connectivity index (χ4v) is 3.27. The second kappa shape index (κ2) is 8.33. The van der Waals surface area contributed by atoms with Crippen LogP contribution in [0, 0.1) is 17.7 Å². The molecule has 2 rings (SSSR count). The van der Waals surface area contributed by atoms with Crippen LogP contribution in [-0.4, -0.2) is 32.4 Å². The number of methoxy groups -OCH3 is 1. The molecule has 0 saturated carbocycles. The van der Waals surface area contributed by atoms with Crippen molar-refractivity contribution in [2.75, 3.05) is 20.3 Å². The average molecular weight is 338 g/mol. The van der Waals surface area contributed by atoms with Gasteiger partial charge in [-0.05, 0) is 31.4 Å². The zero-order valence-corrected chi connectivity index (χ0v) is 14.8. The van der Waals surface area contributed by atoms with Crippen molar-refractivity contribution in [3.05, 3.63) is 29.6 Å². The molecule has 2 amide bonds. The average Bonchev–Trinajstić information content (AvgIpc) is 3.01. The van der Waals surface area contributed by atoms with E-state index in [4.69, 9.17) is 9.47 Å². The summed E-state index contributed by atoms with van der Waals surface area (Å²) in [5.41, 5.74) is 0.347. The molecule has 0 unspecified atom stereocenters. The van der Waals surface area contributed by atoms with Crippen LogP contribution in [0.25, 0.3) is 0 Å². The number of urea groups is 1. The lowest BCUT2D eigenvalue weighted by Gasteiger charge is -2.23. The highest BCUT2D eigenvalue weighted by Gasteiger charge is 2.30. The van der Waals surface area contributed by atoms with E-state index < -0.39 is 11.9 Å². The lowest BCUT2D eigenvalue weighted by atomic mass is 9.93. The summed E-state index contributed by atoms with van der Waals surface area (Å²) in [6, 6.07) is 3.80. The van der Waals surface area contributed by atoms with Gasteiger partial charge < -0.3 is 20.1 Å². The van der Waals surface area contributed by atoms with Crippen molar-refractivity contribution in [3.63, 3.8) is 0 Å². The molecule has 0 aliphatic carbocycles. The Kier molecular flexibility index (Phi) is 6.43. The van der Waals surface area contributed by atoms with Gasteiger partial charge in [0.05, 0.1) is 24.8 Å². The third kappa shape index (κ3) is 4.38. The zero-order chi connectivity index (χ0) is 17.7. The number of hydrogen-bond donors (Lipinski definition) is 2. The summed E-state index contributed by atoms with van der Waals surface area (Å²) in [5, 5.41) is 5.64. The number of carbonyl (C=O) groups excluding carboxylic acids is 1. The Labute approximate surface area is 142 Å². The Morgan fingerprint density at radius 1 is 1.42 bits per heavy atom. The van der Waals surface area contributed by atoms with Crippen LogP contribution in [0.5, 0.6) is 5.75 Å². The van der Waals surface area contributed by atoms with Gasteiger partial charge in [-0.3, -0.25) is 0 Å². The quantitative estimate of drug-likeness (QED) is 0.837. The van der Waals surface area contributed by atoms with Gasteiger partial charge in [-0.15, -0.1) is 0 Å². The number of halogens is 1. The van der Waals surface area contributed by atoms with Crippen LogP contribution in [0.4, 0.5) is 9.18 Å². The Morgan fingerprint density at radius 2 is 2.17 bits per heavy atom. The summed E-state index contributed by atoms with van der Waals surface area (Å²) < 4.78 is 24.9. The molecule has 0 spiro atoms. The minimum absolute atomic E-state index is 0.175. The van der Waals surface area contributed by atoms with E-state index in [-0.39, 0.29) is 12.1 Å². The second-order valence-electron chi connectivity index (χ2n) is 6.56. The lowest BCUT2D eigenvalue weighted by Crippen LogP contribution is -2.41. The summed E-state index contributed by atoms with van der Waals surface area (Å²) >= 11 is 0. The fourth-order valence-electron chi connectivity index (χ4n) is 3.27. The van der Waals surface area contributed by atoms with Crippen molar-refractivity contribution in [3.8, 4) is 5.75 Å². The highest BCUT2D eigenvalue weighted by Crippen LogP contribution is 2.28. The molecule has 1 heterocycles. The smallest absolute Gasteiger partial charge is 0.315 e. The lowest BCUT2D eigenvalue weighted by molar-refractivity contribution is 0.0545. The van der Waals surface area contributed by atoms with Gasteiger partial charge in [-0.25, -0.2) is 9.18 Å². The van der Waals surface area contributed by atoms with Crippen LogP contribution in [0.2, 0.25) is 0 Å². The summed E-state index contributed by atoms with van der Waals surface area (Å²) in [6.45, 7) is 7.26. The van der Waals surface area contributed by atoms with E-state index >= 15 is 0 Å². The SMILES string of the molecule is COc1cccc(F)c1[C@H](C)NC(=O)NC[C@@H]1CCO[C@H]1C(C)C.